The molecule has 2 aliphatic rings. The second-order valence-corrected chi connectivity index (χ2v) is 13.1. The molecule has 2 fully saturated rings. The van der Waals surface area contributed by atoms with Crippen molar-refractivity contribution in [2.75, 3.05) is 4.90 Å². The highest BCUT2D eigenvalue weighted by molar-refractivity contribution is 5.70. The van der Waals surface area contributed by atoms with Crippen LogP contribution in [0.2, 0.25) is 0 Å². The Morgan fingerprint density at radius 1 is 0.940 bits per heavy atom. The van der Waals surface area contributed by atoms with Crippen LogP contribution >= 0.6 is 0 Å². The first-order chi connectivity index (χ1) is 23.6. The third-order valence-corrected chi connectivity index (χ3v) is 9.75. The van der Waals surface area contributed by atoms with Crippen molar-refractivity contribution in [2.24, 2.45) is 13.0 Å². The maximum Gasteiger partial charge on any atom is 0.416 e. The third-order valence-electron chi connectivity index (χ3n) is 9.75. The number of likely N-dealkylation sites (tertiary alicyclic amines) is 1. The molecule has 3 atom stereocenters. The Bertz CT molecular complexity index is 1590. The minimum atomic E-state index is -5.01. The zero-order valence-electron chi connectivity index (χ0n) is 28.0. The summed E-state index contributed by atoms with van der Waals surface area (Å²) in [6.07, 6.45) is -0.941. The van der Waals surface area contributed by atoms with Crippen LogP contribution in [0.3, 0.4) is 0 Å². The minimum Gasteiger partial charge on any atom is -0.481 e. The second kappa shape index (κ2) is 14.9. The van der Waals surface area contributed by atoms with Gasteiger partial charge in [-0.1, -0.05) is 13.8 Å². The number of carbonyl (C=O) groups is 2. The van der Waals surface area contributed by atoms with Crippen molar-refractivity contribution < 1.29 is 50.5 Å². The molecule has 3 aromatic rings. The summed E-state index contributed by atoms with van der Waals surface area (Å²) in [6.45, 7) is 3.44. The number of halogens is 6. The van der Waals surface area contributed by atoms with Crippen LogP contribution < -0.4 is 9.58 Å². The van der Waals surface area contributed by atoms with Gasteiger partial charge in [0.2, 0.25) is 12.1 Å². The molecule has 0 bridgehead atoms. The number of amides is 1. The predicted molar refractivity (Wildman–Crippen MR) is 169 cm³/mol. The van der Waals surface area contributed by atoms with E-state index in [2.05, 4.69) is 15.1 Å². The van der Waals surface area contributed by atoms with Crippen molar-refractivity contribution in [3.63, 3.8) is 0 Å². The molecule has 1 unspecified atom stereocenters. The first-order valence-electron chi connectivity index (χ1n) is 16.7. The van der Waals surface area contributed by atoms with Gasteiger partial charge in [-0.25, -0.2) is 14.8 Å². The fourth-order valence-corrected chi connectivity index (χ4v) is 7.06. The van der Waals surface area contributed by atoms with Crippen LogP contribution in [-0.4, -0.2) is 61.4 Å². The van der Waals surface area contributed by atoms with E-state index < -0.39 is 53.6 Å². The maximum absolute atomic E-state index is 13.8. The number of hydrogen-bond donors (Lipinski definition) is 2. The molecule has 16 heteroatoms. The number of carboxylic acids is 1. The summed E-state index contributed by atoms with van der Waals surface area (Å²) in [5.41, 5.74) is -1.61. The molecule has 50 heavy (non-hydrogen) atoms. The number of nitrogens with one attached hydrogen (secondary N) is 1. The molecule has 1 saturated heterocycles. The van der Waals surface area contributed by atoms with Gasteiger partial charge < -0.3 is 19.6 Å². The van der Waals surface area contributed by atoms with Gasteiger partial charge in [-0.3, -0.25) is 4.79 Å². The monoisotopic (exact) mass is 711 g/mol. The number of aliphatic carboxylic acids is 1. The number of aromatic nitrogens is 4. The molecule has 5 rings (SSSR count). The number of alkyl halides is 6. The Morgan fingerprint density at radius 3 is 1.96 bits per heavy atom. The highest BCUT2D eigenvalue weighted by Crippen LogP contribution is 2.39. The average molecular weight is 712 g/mol. The predicted octanol–water partition coefficient (Wildman–Crippen LogP) is 7.14. The Morgan fingerprint density at radius 2 is 1.50 bits per heavy atom. The average Bonchev–Trinajstić information content (AvgIpc) is 3.52. The van der Waals surface area contributed by atoms with Gasteiger partial charge in [-0.15, -0.1) is 4.68 Å². The van der Waals surface area contributed by atoms with Gasteiger partial charge in [0.1, 0.15) is 6.10 Å². The zero-order chi connectivity index (χ0) is 36.4. The molecule has 1 amide bonds. The van der Waals surface area contributed by atoms with Crippen molar-refractivity contribution >= 4 is 18.0 Å². The summed E-state index contributed by atoms with van der Waals surface area (Å²) in [4.78, 5) is 37.4. The van der Waals surface area contributed by atoms with Crippen molar-refractivity contribution in [2.45, 2.75) is 108 Å². The summed E-state index contributed by atoms with van der Waals surface area (Å²) >= 11 is 0. The van der Waals surface area contributed by atoms with Crippen LogP contribution in [0.4, 0.5) is 37.1 Å². The van der Waals surface area contributed by atoms with Gasteiger partial charge in [0.05, 0.1) is 28.8 Å². The molecular formula is C34H41F6N6O4+. The number of rotatable bonds is 9. The van der Waals surface area contributed by atoms with E-state index in [-0.39, 0.29) is 36.2 Å². The van der Waals surface area contributed by atoms with E-state index in [4.69, 9.17) is 4.74 Å². The number of anilines is 1. The van der Waals surface area contributed by atoms with Gasteiger partial charge in [-0.05, 0) is 75.1 Å². The Kier molecular flexibility index (Phi) is 11.0. The first kappa shape index (κ1) is 36.9. The van der Waals surface area contributed by atoms with Crippen LogP contribution in [-0.2, 0) is 35.5 Å². The van der Waals surface area contributed by atoms with Crippen molar-refractivity contribution in [1.82, 2.24) is 20.0 Å². The van der Waals surface area contributed by atoms with Crippen LogP contribution in [0, 0.1) is 5.92 Å². The molecule has 2 aromatic heterocycles. The number of ether oxygens (including phenoxy) is 1. The molecule has 1 aliphatic carbocycles. The SMILES string of the molecule is CC[C@@H]1CC(N(Cc2cc(C(F)(F)F)cc(C(F)(F)F)c2)c2ncc(-c3c[nH][n+](C)c3)cn2)C[C@H](CC)N1C(=O)OC1CCC(C(=O)O)CC1. The normalized spacial score (nSPS) is 23.1. The third kappa shape index (κ3) is 8.49. The van der Waals surface area contributed by atoms with E-state index in [0.717, 1.165) is 17.7 Å². The number of hydrogen-bond acceptors (Lipinski definition) is 6. The molecule has 3 heterocycles. The van der Waals surface area contributed by atoms with Gasteiger partial charge >= 0.3 is 24.4 Å². The van der Waals surface area contributed by atoms with E-state index in [1.807, 2.05) is 20.0 Å². The van der Waals surface area contributed by atoms with E-state index in [0.29, 0.717) is 56.9 Å². The lowest BCUT2D eigenvalue weighted by Gasteiger charge is -2.47. The first-order valence-corrected chi connectivity index (χ1v) is 16.7. The molecule has 272 valence electrons. The Labute approximate surface area is 285 Å². The number of aryl methyl sites for hydroxylation is 1. The molecule has 1 aliphatic heterocycles. The summed E-state index contributed by atoms with van der Waals surface area (Å²) in [7, 11) is 1.80. The molecule has 1 aromatic carbocycles. The topological polar surface area (TPSA) is 116 Å². The number of nitrogens with zero attached hydrogens (tertiary/aromatic N) is 5. The highest BCUT2D eigenvalue weighted by Gasteiger charge is 2.42. The summed E-state index contributed by atoms with van der Waals surface area (Å²) in [6, 6.07) is 0.354. The number of carboxylic acid groups (broad SMARTS) is 1. The van der Waals surface area contributed by atoms with Crippen LogP contribution in [0.15, 0.2) is 43.0 Å². The molecule has 1 saturated carbocycles. The summed E-state index contributed by atoms with van der Waals surface area (Å²) in [5, 5.41) is 12.3. The smallest absolute Gasteiger partial charge is 0.416 e. The van der Waals surface area contributed by atoms with Gasteiger partial charge in [0.25, 0.3) is 0 Å². The lowest BCUT2D eigenvalue weighted by Crippen LogP contribution is -2.57. The largest absolute Gasteiger partial charge is 0.481 e. The van der Waals surface area contributed by atoms with Gasteiger partial charge in [-0.2, -0.15) is 31.4 Å². The molecular weight excluding hydrogens is 670 g/mol. The lowest BCUT2D eigenvalue weighted by molar-refractivity contribution is -0.726. The van der Waals surface area contributed by atoms with Crippen LogP contribution in [0.25, 0.3) is 11.1 Å². The zero-order valence-corrected chi connectivity index (χ0v) is 28.0. The lowest BCUT2D eigenvalue weighted by atomic mass is 9.87. The van der Waals surface area contributed by atoms with Crippen molar-refractivity contribution in [3.8, 4) is 11.1 Å². The van der Waals surface area contributed by atoms with Crippen molar-refractivity contribution in [3.05, 3.63) is 59.7 Å². The fourth-order valence-electron chi connectivity index (χ4n) is 7.06. The standard InChI is InChI=1S/C34H40F6N6O4/c1-4-26-13-28(14-27(5-2)46(26)32(49)50-29-8-6-21(7-9-29)30(47)48)45(31-41-15-22(16-42-31)23-17-43-44(3)19-23)18-20-10-24(33(35,36)37)12-25(11-20)34(38,39)40/h10-12,15-17,19,21,26-29H,4-9,13-14,18H2,1-3H3,(H,47,48)/p+1/t21?,26-,27+,28?,29?. The molecule has 10 nitrogen and oxygen atoms in total. The Balaban J connectivity index is 1.46. The molecule has 0 spiro atoms. The summed E-state index contributed by atoms with van der Waals surface area (Å²) < 4.78 is 90.5. The molecule has 2 N–H and O–H groups in total. The van der Waals surface area contributed by atoms with E-state index in [1.54, 1.807) is 40.1 Å². The van der Waals surface area contributed by atoms with Crippen LogP contribution in [0.5, 0.6) is 0 Å². The number of benzene rings is 1. The van der Waals surface area contributed by atoms with Gasteiger partial charge in [0, 0.05) is 42.6 Å². The molecule has 0 radical (unpaired) electrons. The van der Waals surface area contributed by atoms with Crippen molar-refractivity contribution in [1.29, 1.82) is 0 Å². The maximum atomic E-state index is 13.8. The van der Waals surface area contributed by atoms with E-state index in [9.17, 15) is 41.0 Å². The highest BCUT2D eigenvalue weighted by atomic mass is 19.4. The second-order valence-electron chi connectivity index (χ2n) is 13.1. The number of H-pyrrole nitrogens is 1. The number of piperidine rings is 1. The van der Waals surface area contributed by atoms with Crippen LogP contribution in [0.1, 0.15) is 81.9 Å². The number of aromatic amines is 1. The number of carbonyl (C=O) groups excluding carboxylic acids is 1. The van der Waals surface area contributed by atoms with E-state index in [1.165, 1.54) is 0 Å². The fraction of sp³-hybridized carbons (Fsp3) is 0.559. The quantitative estimate of drug-likeness (QED) is 0.179. The minimum absolute atomic E-state index is 0.106. The van der Waals surface area contributed by atoms with E-state index >= 15 is 0 Å². The Hall–Kier alpha value is -4.37. The van der Waals surface area contributed by atoms with Gasteiger partial charge in [0.15, 0.2) is 7.05 Å². The summed E-state index contributed by atoms with van der Waals surface area (Å²) in [5.74, 6) is -1.21.